The molecular formula is C11H11BrFNO3. The van der Waals surface area contributed by atoms with E-state index in [4.69, 9.17) is 4.74 Å². The minimum Gasteiger partial charge on any atom is -0.484 e. The Balaban J connectivity index is 2.17. The van der Waals surface area contributed by atoms with Gasteiger partial charge in [-0.15, -0.1) is 0 Å². The van der Waals surface area contributed by atoms with Crippen molar-refractivity contribution >= 4 is 21.6 Å². The van der Waals surface area contributed by atoms with E-state index in [1.54, 1.807) is 0 Å². The highest BCUT2D eigenvalue weighted by molar-refractivity contribution is 9.09. The molecule has 0 heterocycles. The Morgan fingerprint density at radius 3 is 2.76 bits per heavy atom. The van der Waals surface area contributed by atoms with Crippen LogP contribution in [0.15, 0.2) is 18.2 Å². The lowest BCUT2D eigenvalue weighted by Gasteiger charge is -2.13. The second kappa shape index (κ2) is 4.60. The van der Waals surface area contributed by atoms with Gasteiger partial charge in [-0.05, 0) is 18.9 Å². The lowest BCUT2D eigenvalue weighted by atomic mass is 10.2. The molecule has 0 bridgehead atoms. The molecule has 0 radical (unpaired) electrons. The number of halogens is 2. The van der Waals surface area contributed by atoms with Crippen LogP contribution in [0.2, 0.25) is 0 Å². The number of para-hydroxylation sites is 1. The Morgan fingerprint density at radius 1 is 1.53 bits per heavy atom. The zero-order valence-electron chi connectivity index (χ0n) is 8.99. The van der Waals surface area contributed by atoms with Gasteiger partial charge in [0.05, 0.1) is 11.5 Å². The SMILES string of the molecule is O=[N+]([O-])c1cccc(F)c1OCC1(CBr)CC1. The number of nitro benzene ring substituents is 1. The third kappa shape index (κ3) is 2.57. The van der Waals surface area contributed by atoms with E-state index in [0.717, 1.165) is 24.2 Å². The van der Waals surface area contributed by atoms with Crippen molar-refractivity contribution in [2.24, 2.45) is 5.41 Å². The van der Waals surface area contributed by atoms with Gasteiger partial charge in [0.25, 0.3) is 0 Å². The molecule has 0 saturated heterocycles. The van der Waals surface area contributed by atoms with E-state index < -0.39 is 10.7 Å². The zero-order valence-corrected chi connectivity index (χ0v) is 10.6. The molecule has 1 saturated carbocycles. The first-order chi connectivity index (χ1) is 8.08. The number of hydrogen-bond acceptors (Lipinski definition) is 3. The number of hydrogen-bond donors (Lipinski definition) is 0. The Labute approximate surface area is 106 Å². The molecule has 0 spiro atoms. The van der Waals surface area contributed by atoms with Crippen molar-refractivity contribution in [3.63, 3.8) is 0 Å². The lowest BCUT2D eigenvalue weighted by molar-refractivity contribution is -0.386. The van der Waals surface area contributed by atoms with E-state index >= 15 is 0 Å². The van der Waals surface area contributed by atoms with E-state index in [2.05, 4.69) is 15.9 Å². The second-order valence-corrected chi connectivity index (χ2v) is 4.83. The Kier molecular flexibility index (Phi) is 3.33. The Morgan fingerprint density at radius 2 is 2.24 bits per heavy atom. The normalized spacial score (nSPS) is 16.6. The minimum atomic E-state index is -0.690. The number of rotatable bonds is 5. The predicted molar refractivity (Wildman–Crippen MR) is 64.0 cm³/mol. The molecule has 17 heavy (non-hydrogen) atoms. The monoisotopic (exact) mass is 303 g/mol. The molecule has 1 fully saturated rings. The molecule has 4 nitrogen and oxygen atoms in total. The number of benzene rings is 1. The van der Waals surface area contributed by atoms with Crippen LogP contribution in [0.3, 0.4) is 0 Å². The quantitative estimate of drug-likeness (QED) is 0.476. The van der Waals surface area contributed by atoms with E-state index in [-0.39, 0.29) is 16.9 Å². The number of nitrogens with zero attached hydrogens (tertiary/aromatic N) is 1. The zero-order chi connectivity index (χ0) is 12.5. The summed E-state index contributed by atoms with van der Waals surface area (Å²) in [6.07, 6.45) is 2.00. The number of ether oxygens (including phenoxy) is 1. The van der Waals surface area contributed by atoms with Gasteiger partial charge in [-0.3, -0.25) is 10.1 Å². The molecule has 0 unspecified atom stereocenters. The lowest BCUT2D eigenvalue weighted by Crippen LogP contribution is -2.15. The van der Waals surface area contributed by atoms with E-state index in [1.807, 2.05) is 0 Å². The molecule has 1 aromatic rings. The highest BCUT2D eigenvalue weighted by Crippen LogP contribution is 2.47. The largest absolute Gasteiger partial charge is 0.484 e. The van der Waals surface area contributed by atoms with Crippen molar-refractivity contribution in [1.82, 2.24) is 0 Å². The molecule has 1 aliphatic carbocycles. The van der Waals surface area contributed by atoms with Gasteiger partial charge < -0.3 is 4.74 Å². The van der Waals surface area contributed by atoms with Crippen molar-refractivity contribution in [2.75, 3.05) is 11.9 Å². The van der Waals surface area contributed by atoms with Gasteiger partial charge in [0.2, 0.25) is 5.75 Å². The molecular weight excluding hydrogens is 293 g/mol. The van der Waals surface area contributed by atoms with E-state index in [9.17, 15) is 14.5 Å². The standard InChI is InChI=1S/C11H11BrFNO3/c12-6-11(4-5-11)7-17-10-8(13)2-1-3-9(10)14(15)16/h1-3H,4-7H2. The fraction of sp³-hybridized carbons (Fsp3) is 0.455. The molecule has 2 rings (SSSR count). The van der Waals surface area contributed by atoms with Crippen LogP contribution in [0, 0.1) is 21.3 Å². The molecule has 0 N–H and O–H groups in total. The highest BCUT2D eigenvalue weighted by atomic mass is 79.9. The van der Waals surface area contributed by atoms with Crippen LogP contribution in [0.4, 0.5) is 10.1 Å². The van der Waals surface area contributed by atoms with Gasteiger partial charge in [-0.25, -0.2) is 4.39 Å². The van der Waals surface area contributed by atoms with Gasteiger partial charge in [0, 0.05) is 16.8 Å². The maximum Gasteiger partial charge on any atom is 0.314 e. The maximum absolute atomic E-state index is 13.5. The molecule has 0 aliphatic heterocycles. The summed E-state index contributed by atoms with van der Waals surface area (Å²) in [6, 6.07) is 3.71. The smallest absolute Gasteiger partial charge is 0.314 e. The molecule has 1 aliphatic rings. The van der Waals surface area contributed by atoms with Gasteiger partial charge in [0.15, 0.2) is 5.82 Å². The number of nitro groups is 1. The molecule has 1 aromatic carbocycles. The predicted octanol–water partition coefficient (Wildman–Crippen LogP) is 3.29. The Hall–Kier alpha value is -1.17. The van der Waals surface area contributed by atoms with Crippen LogP contribution in [-0.2, 0) is 0 Å². The summed E-state index contributed by atoms with van der Waals surface area (Å²) >= 11 is 3.37. The van der Waals surface area contributed by atoms with Crippen molar-refractivity contribution in [1.29, 1.82) is 0 Å². The van der Waals surface area contributed by atoms with Gasteiger partial charge in [-0.1, -0.05) is 22.0 Å². The molecule has 0 aromatic heterocycles. The fourth-order valence-corrected chi connectivity index (χ4v) is 2.23. The van der Waals surface area contributed by atoms with Crippen LogP contribution >= 0.6 is 15.9 Å². The maximum atomic E-state index is 13.5. The van der Waals surface area contributed by atoms with Crippen molar-refractivity contribution < 1.29 is 14.1 Å². The average Bonchev–Trinajstić information content (AvgIpc) is 3.08. The molecule has 6 heteroatoms. The van der Waals surface area contributed by atoms with Crippen LogP contribution in [0.25, 0.3) is 0 Å². The van der Waals surface area contributed by atoms with E-state index in [0.29, 0.717) is 6.61 Å². The van der Waals surface area contributed by atoms with Crippen LogP contribution in [-0.4, -0.2) is 16.9 Å². The first-order valence-electron chi connectivity index (χ1n) is 5.20. The molecule has 0 amide bonds. The van der Waals surface area contributed by atoms with Crippen LogP contribution < -0.4 is 4.74 Å². The second-order valence-electron chi connectivity index (χ2n) is 4.27. The van der Waals surface area contributed by atoms with E-state index in [1.165, 1.54) is 12.1 Å². The van der Waals surface area contributed by atoms with Gasteiger partial charge in [-0.2, -0.15) is 0 Å². The van der Waals surface area contributed by atoms with Crippen molar-refractivity contribution in [2.45, 2.75) is 12.8 Å². The third-order valence-electron chi connectivity index (χ3n) is 2.91. The fourth-order valence-electron chi connectivity index (χ4n) is 1.50. The first-order valence-corrected chi connectivity index (χ1v) is 6.32. The van der Waals surface area contributed by atoms with Crippen LogP contribution in [0.5, 0.6) is 5.75 Å². The molecule has 0 atom stereocenters. The summed E-state index contributed by atoms with van der Waals surface area (Å²) in [6.45, 7) is 0.306. The summed E-state index contributed by atoms with van der Waals surface area (Å²) in [5.41, 5.74) is -0.300. The van der Waals surface area contributed by atoms with Crippen molar-refractivity contribution in [3.8, 4) is 5.75 Å². The molecule has 92 valence electrons. The first kappa shape index (κ1) is 12.3. The van der Waals surface area contributed by atoms with Gasteiger partial charge >= 0.3 is 5.69 Å². The summed E-state index contributed by atoms with van der Waals surface area (Å²) < 4.78 is 18.8. The summed E-state index contributed by atoms with van der Waals surface area (Å²) in [7, 11) is 0. The van der Waals surface area contributed by atoms with Gasteiger partial charge in [0.1, 0.15) is 0 Å². The third-order valence-corrected chi connectivity index (χ3v) is 4.10. The van der Waals surface area contributed by atoms with Crippen molar-refractivity contribution in [3.05, 3.63) is 34.1 Å². The minimum absolute atomic E-state index is 0.0240. The summed E-state index contributed by atoms with van der Waals surface area (Å²) in [4.78, 5) is 10.1. The topological polar surface area (TPSA) is 52.4 Å². The van der Waals surface area contributed by atoms with Crippen LogP contribution in [0.1, 0.15) is 12.8 Å². The number of alkyl halides is 1. The highest BCUT2D eigenvalue weighted by Gasteiger charge is 2.43. The average molecular weight is 304 g/mol. The summed E-state index contributed by atoms with van der Waals surface area (Å²) in [5, 5.41) is 11.5. The Bertz CT molecular complexity index is 448. The summed E-state index contributed by atoms with van der Waals surface area (Å²) in [5.74, 6) is -0.950.